The Morgan fingerprint density at radius 3 is 2.79 bits per heavy atom. The van der Waals surface area contributed by atoms with E-state index < -0.39 is 0 Å². The molecule has 28 heavy (non-hydrogen) atoms. The Labute approximate surface area is 163 Å². The number of amides is 1. The van der Waals surface area contributed by atoms with Crippen LogP contribution in [0.15, 0.2) is 73.4 Å². The largest absolute Gasteiger partial charge is 0.497 e. The quantitative estimate of drug-likeness (QED) is 0.521. The summed E-state index contributed by atoms with van der Waals surface area (Å²) in [4.78, 5) is 19.7. The zero-order valence-corrected chi connectivity index (χ0v) is 15.6. The van der Waals surface area contributed by atoms with Gasteiger partial charge >= 0.3 is 0 Å². The zero-order valence-electron chi connectivity index (χ0n) is 15.6. The average Bonchev–Trinajstić information content (AvgIpc) is 3.39. The van der Waals surface area contributed by atoms with Gasteiger partial charge in [0.05, 0.1) is 13.4 Å². The lowest BCUT2D eigenvalue weighted by atomic mass is 9.91. The highest BCUT2D eigenvalue weighted by Crippen LogP contribution is 2.31. The van der Waals surface area contributed by atoms with Crippen molar-refractivity contribution in [1.29, 1.82) is 0 Å². The number of carbonyl (C=O) groups excluding carboxylic acids is 1. The molecule has 0 aliphatic heterocycles. The third kappa shape index (κ3) is 3.76. The number of para-hydroxylation sites is 1. The van der Waals surface area contributed by atoms with Crippen molar-refractivity contribution in [3.05, 3.63) is 84.6 Å². The maximum Gasteiger partial charge on any atom is 0.240 e. The van der Waals surface area contributed by atoms with Crippen LogP contribution in [-0.4, -0.2) is 34.1 Å². The van der Waals surface area contributed by atoms with E-state index in [0.29, 0.717) is 6.54 Å². The fraction of sp³-hybridized carbons (Fsp3) is 0.182. The number of fused-ring (bicyclic) bond motifs is 1. The molecular weight excluding hydrogens is 352 g/mol. The number of aromatic nitrogens is 3. The van der Waals surface area contributed by atoms with Crippen LogP contribution in [0.3, 0.4) is 0 Å². The lowest BCUT2D eigenvalue weighted by Crippen LogP contribution is -2.31. The number of benzene rings is 2. The molecule has 4 rings (SSSR count). The number of hydrogen-bond donors (Lipinski definition) is 2. The molecule has 1 amide bonds. The summed E-state index contributed by atoms with van der Waals surface area (Å²) in [5.74, 6) is 0.788. The van der Waals surface area contributed by atoms with Crippen LogP contribution in [0.1, 0.15) is 17.0 Å². The molecule has 1 unspecified atom stereocenters. The molecule has 2 heterocycles. The summed E-state index contributed by atoms with van der Waals surface area (Å²) >= 11 is 0. The summed E-state index contributed by atoms with van der Waals surface area (Å²) in [5, 5.41) is 4.23. The van der Waals surface area contributed by atoms with Crippen LogP contribution in [0.25, 0.3) is 10.9 Å². The lowest BCUT2D eigenvalue weighted by Gasteiger charge is -2.19. The highest BCUT2D eigenvalue weighted by molar-refractivity contribution is 5.84. The smallest absolute Gasteiger partial charge is 0.240 e. The van der Waals surface area contributed by atoms with Crippen LogP contribution in [-0.2, 0) is 11.3 Å². The molecule has 6 nitrogen and oxygen atoms in total. The van der Waals surface area contributed by atoms with Gasteiger partial charge in [0.1, 0.15) is 12.3 Å². The third-order valence-electron chi connectivity index (χ3n) is 4.90. The maximum absolute atomic E-state index is 12.4. The summed E-state index contributed by atoms with van der Waals surface area (Å²) in [6.07, 6.45) is 7.11. The van der Waals surface area contributed by atoms with Gasteiger partial charge in [-0.25, -0.2) is 4.98 Å². The number of nitrogens with zero attached hydrogens (tertiary/aromatic N) is 2. The van der Waals surface area contributed by atoms with E-state index >= 15 is 0 Å². The van der Waals surface area contributed by atoms with Crippen molar-refractivity contribution < 1.29 is 9.53 Å². The Bertz CT molecular complexity index is 1050. The second-order valence-corrected chi connectivity index (χ2v) is 6.65. The summed E-state index contributed by atoms with van der Waals surface area (Å²) < 4.78 is 7.04. The van der Waals surface area contributed by atoms with Gasteiger partial charge in [-0.1, -0.05) is 30.3 Å². The van der Waals surface area contributed by atoms with Crippen LogP contribution in [0.4, 0.5) is 0 Å². The number of nitrogens with one attached hydrogen (secondary N) is 2. The fourth-order valence-corrected chi connectivity index (χ4v) is 3.44. The average molecular weight is 374 g/mol. The minimum absolute atomic E-state index is 0.0220. The van der Waals surface area contributed by atoms with Gasteiger partial charge in [-0.05, 0) is 29.3 Å². The van der Waals surface area contributed by atoms with Crippen molar-refractivity contribution in [3.8, 4) is 5.75 Å². The predicted molar refractivity (Wildman–Crippen MR) is 108 cm³/mol. The number of H-pyrrole nitrogens is 1. The molecule has 0 aliphatic rings. The van der Waals surface area contributed by atoms with Crippen molar-refractivity contribution in [2.24, 2.45) is 0 Å². The number of ether oxygens (including phenoxy) is 1. The second-order valence-electron chi connectivity index (χ2n) is 6.65. The minimum Gasteiger partial charge on any atom is -0.497 e. The molecule has 4 aromatic rings. The Hall–Kier alpha value is -3.54. The van der Waals surface area contributed by atoms with Crippen molar-refractivity contribution in [2.75, 3.05) is 13.7 Å². The normalized spacial score (nSPS) is 12.0. The number of rotatable bonds is 7. The molecule has 2 aromatic heterocycles. The minimum atomic E-state index is -0.0450. The molecule has 0 saturated carbocycles. The van der Waals surface area contributed by atoms with Crippen LogP contribution < -0.4 is 10.1 Å². The Kier molecular flexibility index (Phi) is 5.10. The SMILES string of the molecule is COc1ccc(C(CNC(=O)Cn2ccnc2)c2c[nH]c3ccccc23)cc1. The van der Waals surface area contributed by atoms with Gasteiger partial charge in [-0.15, -0.1) is 0 Å². The molecular formula is C22H22N4O2. The van der Waals surface area contributed by atoms with Crippen molar-refractivity contribution in [2.45, 2.75) is 12.5 Å². The molecule has 0 aliphatic carbocycles. The second kappa shape index (κ2) is 8.00. The van der Waals surface area contributed by atoms with E-state index in [1.165, 1.54) is 0 Å². The first-order valence-corrected chi connectivity index (χ1v) is 9.17. The molecule has 1 atom stereocenters. The molecule has 0 saturated heterocycles. The van der Waals surface area contributed by atoms with Crippen molar-refractivity contribution in [3.63, 3.8) is 0 Å². The van der Waals surface area contributed by atoms with Gasteiger partial charge in [-0.3, -0.25) is 4.79 Å². The van der Waals surface area contributed by atoms with Crippen LogP contribution in [0.2, 0.25) is 0 Å². The molecule has 6 heteroatoms. The summed E-state index contributed by atoms with van der Waals surface area (Å²) in [6.45, 7) is 0.755. The predicted octanol–water partition coefficient (Wildman–Crippen LogP) is 3.32. The Morgan fingerprint density at radius 1 is 1.21 bits per heavy atom. The van der Waals surface area contributed by atoms with Crippen molar-refractivity contribution in [1.82, 2.24) is 19.9 Å². The monoisotopic (exact) mass is 374 g/mol. The molecule has 0 spiro atoms. The fourth-order valence-electron chi connectivity index (χ4n) is 3.44. The van der Waals surface area contributed by atoms with Gasteiger partial charge in [0.15, 0.2) is 0 Å². The Balaban J connectivity index is 1.60. The van der Waals surface area contributed by atoms with E-state index in [1.807, 2.05) is 42.6 Å². The summed E-state index contributed by atoms with van der Waals surface area (Å²) in [7, 11) is 1.66. The topological polar surface area (TPSA) is 71.9 Å². The number of hydrogen-bond acceptors (Lipinski definition) is 3. The van der Waals surface area contributed by atoms with Crippen LogP contribution in [0, 0.1) is 0 Å². The molecule has 0 radical (unpaired) electrons. The van der Waals surface area contributed by atoms with E-state index in [-0.39, 0.29) is 18.4 Å². The van der Waals surface area contributed by atoms with Gasteiger partial charge in [0, 0.05) is 42.0 Å². The van der Waals surface area contributed by atoms with Crippen LogP contribution in [0.5, 0.6) is 5.75 Å². The Morgan fingerprint density at radius 2 is 2.04 bits per heavy atom. The third-order valence-corrected chi connectivity index (χ3v) is 4.90. The molecule has 142 valence electrons. The van der Waals surface area contributed by atoms with Gasteiger partial charge in [0.2, 0.25) is 5.91 Å². The van der Waals surface area contributed by atoms with Gasteiger partial charge < -0.3 is 19.6 Å². The van der Waals surface area contributed by atoms with Crippen LogP contribution >= 0.6 is 0 Å². The molecule has 2 aromatic carbocycles. The highest BCUT2D eigenvalue weighted by atomic mass is 16.5. The summed E-state index contributed by atoms with van der Waals surface area (Å²) in [5.41, 5.74) is 3.36. The molecule has 0 bridgehead atoms. The first-order valence-electron chi connectivity index (χ1n) is 9.17. The van der Waals surface area contributed by atoms with Crippen molar-refractivity contribution >= 4 is 16.8 Å². The molecule has 0 fully saturated rings. The van der Waals surface area contributed by atoms with Gasteiger partial charge in [0.25, 0.3) is 0 Å². The van der Waals surface area contributed by atoms with E-state index in [0.717, 1.165) is 27.8 Å². The van der Waals surface area contributed by atoms with E-state index in [9.17, 15) is 4.79 Å². The highest BCUT2D eigenvalue weighted by Gasteiger charge is 2.19. The summed E-state index contributed by atoms with van der Waals surface area (Å²) in [6, 6.07) is 16.2. The zero-order chi connectivity index (χ0) is 19.3. The van der Waals surface area contributed by atoms with E-state index in [1.54, 1.807) is 30.4 Å². The number of methoxy groups -OCH3 is 1. The number of aromatic amines is 1. The number of imidazole rings is 1. The van der Waals surface area contributed by atoms with Gasteiger partial charge in [-0.2, -0.15) is 0 Å². The lowest BCUT2D eigenvalue weighted by molar-refractivity contribution is -0.121. The van der Waals surface area contributed by atoms with E-state index in [4.69, 9.17) is 4.74 Å². The maximum atomic E-state index is 12.4. The first-order chi connectivity index (χ1) is 13.7. The van der Waals surface area contributed by atoms with E-state index in [2.05, 4.69) is 27.4 Å². The first kappa shape index (κ1) is 17.9. The standard InChI is InChI=1S/C22H22N4O2/c1-28-17-8-6-16(7-9-17)19(12-25-22(27)14-26-11-10-23-15-26)20-13-24-21-5-3-2-4-18(20)21/h2-11,13,15,19,24H,12,14H2,1H3,(H,25,27). The molecule has 2 N–H and O–H groups in total. The number of carbonyl (C=O) groups is 1.